The van der Waals surface area contributed by atoms with E-state index in [4.69, 9.17) is 37.9 Å². The maximum atomic E-state index is 14.3. The van der Waals surface area contributed by atoms with Crippen molar-refractivity contribution in [3.8, 4) is 35.1 Å². The number of methoxy groups -OCH3 is 2. The number of nitrogens with zero attached hydrogens (tertiary/aromatic N) is 2. The summed E-state index contributed by atoms with van der Waals surface area (Å²) in [5.41, 5.74) is 5.14. The molecule has 2 atom stereocenters. The first-order valence-electron chi connectivity index (χ1n) is 20.7. The van der Waals surface area contributed by atoms with Gasteiger partial charge in [0.05, 0.1) is 50.6 Å². The quantitative estimate of drug-likeness (QED) is 0.0433. The molecule has 334 valence electrons. The molecule has 0 amide bonds. The van der Waals surface area contributed by atoms with E-state index in [1.54, 1.807) is 14.2 Å². The molecule has 2 bridgehead atoms. The molecule has 9 rings (SSSR count). The number of nitriles is 2. The summed E-state index contributed by atoms with van der Waals surface area (Å²) in [5.74, 6) is -1.81. The highest BCUT2D eigenvalue weighted by Gasteiger charge is 2.49. The number of allylic oxidation sites excluding steroid dienone is 1. The van der Waals surface area contributed by atoms with E-state index in [-0.39, 0.29) is 65.1 Å². The normalized spacial score (nSPS) is 15.6. The highest BCUT2D eigenvalue weighted by Crippen LogP contribution is 2.68. The third-order valence-corrected chi connectivity index (χ3v) is 13.9. The second-order valence-corrected chi connectivity index (χ2v) is 17.6. The third-order valence-electron chi connectivity index (χ3n) is 11.3. The molecule has 4 aliphatic rings. The lowest BCUT2D eigenvalue weighted by Gasteiger charge is -2.43. The Kier molecular flexibility index (Phi) is 13.8. The first kappa shape index (κ1) is 45.5. The lowest BCUT2D eigenvalue weighted by molar-refractivity contribution is 0.0618. The predicted octanol–water partition coefficient (Wildman–Crippen LogP) is 10.4. The van der Waals surface area contributed by atoms with Crippen LogP contribution in [0.1, 0.15) is 92.6 Å². The van der Waals surface area contributed by atoms with Crippen LogP contribution in [0.4, 0.5) is 9.59 Å². The lowest BCUT2D eigenvalue weighted by Crippen LogP contribution is -2.30. The van der Waals surface area contributed by atoms with Crippen molar-refractivity contribution in [2.24, 2.45) is 0 Å². The minimum Gasteiger partial charge on any atom is -0.434 e. The highest BCUT2D eigenvalue weighted by molar-refractivity contribution is 8.24. The van der Waals surface area contributed by atoms with Crippen LogP contribution in [0, 0.1) is 22.7 Å². The number of hydrogen-bond donors (Lipinski definition) is 0. The van der Waals surface area contributed by atoms with Crippen LogP contribution in [0.2, 0.25) is 0 Å². The van der Waals surface area contributed by atoms with Crippen molar-refractivity contribution in [3.63, 3.8) is 0 Å². The smallest absolute Gasteiger partial charge is 0.434 e. The number of esters is 2. The van der Waals surface area contributed by atoms with Gasteiger partial charge in [-0.15, -0.1) is 0 Å². The summed E-state index contributed by atoms with van der Waals surface area (Å²) in [6.45, 7) is 3.88. The minimum atomic E-state index is -0.910. The number of carbonyl (C=O) groups is 4. The summed E-state index contributed by atoms with van der Waals surface area (Å²) in [4.78, 5) is 54.0. The lowest BCUT2D eigenvalue weighted by atomic mass is 9.60. The number of carbonyl (C=O) groups excluding carboxylic acids is 4. The molecule has 0 saturated heterocycles. The van der Waals surface area contributed by atoms with Crippen LogP contribution in [0.15, 0.2) is 117 Å². The molecular weight excluding hydrogens is 885 g/mol. The Balaban J connectivity index is 1.17. The molecule has 0 aromatic heterocycles. The summed E-state index contributed by atoms with van der Waals surface area (Å²) >= 11 is 2.15. The molecule has 16 heteroatoms. The van der Waals surface area contributed by atoms with Crippen LogP contribution >= 0.6 is 23.5 Å². The van der Waals surface area contributed by atoms with E-state index in [2.05, 4.69) is 0 Å². The number of fused-ring (bicyclic) bond motifs is 1. The van der Waals surface area contributed by atoms with Crippen LogP contribution in [0.5, 0.6) is 23.0 Å². The Labute approximate surface area is 388 Å². The van der Waals surface area contributed by atoms with Gasteiger partial charge in [-0.25, -0.2) is 19.2 Å². The second kappa shape index (κ2) is 20.0. The van der Waals surface area contributed by atoms with Crippen molar-refractivity contribution in [2.45, 2.75) is 60.5 Å². The van der Waals surface area contributed by atoms with Gasteiger partial charge in [-0.1, -0.05) is 72.1 Å². The molecular formula is C50H40N2O12S2. The second-order valence-electron chi connectivity index (χ2n) is 15.3. The van der Waals surface area contributed by atoms with Gasteiger partial charge in [0.2, 0.25) is 0 Å². The van der Waals surface area contributed by atoms with Crippen molar-refractivity contribution in [3.05, 3.63) is 151 Å². The Morgan fingerprint density at radius 3 is 1.26 bits per heavy atom. The zero-order valence-corrected chi connectivity index (χ0v) is 37.6. The zero-order chi connectivity index (χ0) is 46.5. The summed E-state index contributed by atoms with van der Waals surface area (Å²) in [7, 11) is 3.13. The fraction of sp³-hybridized carbons (Fsp3) is 0.240. The van der Waals surface area contributed by atoms with Crippen molar-refractivity contribution >= 4 is 47.8 Å². The van der Waals surface area contributed by atoms with E-state index in [1.807, 2.05) is 74.5 Å². The Morgan fingerprint density at radius 2 is 0.924 bits per heavy atom. The molecule has 3 aliphatic carbocycles. The van der Waals surface area contributed by atoms with Gasteiger partial charge in [0.15, 0.2) is 11.5 Å². The van der Waals surface area contributed by atoms with Gasteiger partial charge in [0.1, 0.15) is 29.2 Å². The first-order chi connectivity index (χ1) is 32.0. The van der Waals surface area contributed by atoms with Crippen molar-refractivity contribution < 1.29 is 57.1 Å². The molecule has 5 aromatic rings. The van der Waals surface area contributed by atoms with Gasteiger partial charge in [-0.3, -0.25) is 0 Å². The topological polar surface area (TPSA) is 190 Å². The summed E-state index contributed by atoms with van der Waals surface area (Å²) < 4.78 is 44.5. The monoisotopic (exact) mass is 924 g/mol. The molecule has 1 aliphatic heterocycles. The SMILES string of the molecule is COC(C)CCOC(=O)Oc1ccc(C(=O)Oc2c3c(c(OC(=O)c4ccc(OC(=O)OCCC(C)OC)cc4)c4c2C2c5ccccc5C4c4ccccc42)SC(=C(C#N)C#N)S3)cc1. The highest BCUT2D eigenvalue weighted by atomic mass is 32.2. The molecule has 0 saturated carbocycles. The number of hydrogen-bond acceptors (Lipinski definition) is 16. The largest absolute Gasteiger partial charge is 0.513 e. The molecule has 66 heavy (non-hydrogen) atoms. The number of thioether (sulfide) groups is 2. The van der Waals surface area contributed by atoms with Gasteiger partial charge in [0, 0.05) is 50.0 Å². The predicted molar refractivity (Wildman–Crippen MR) is 240 cm³/mol. The van der Waals surface area contributed by atoms with Crippen LogP contribution in [0.25, 0.3) is 0 Å². The van der Waals surface area contributed by atoms with E-state index >= 15 is 0 Å². The van der Waals surface area contributed by atoms with E-state index in [9.17, 15) is 29.7 Å². The Bertz CT molecular complexity index is 2610. The Hall–Kier alpha value is -7.08. The fourth-order valence-corrected chi connectivity index (χ4v) is 10.4. The molecule has 0 fully saturated rings. The third kappa shape index (κ3) is 9.22. The number of rotatable bonds is 14. The average molecular weight is 925 g/mol. The van der Waals surface area contributed by atoms with E-state index in [0.717, 1.165) is 45.8 Å². The van der Waals surface area contributed by atoms with Crippen molar-refractivity contribution in [1.29, 1.82) is 10.5 Å². The molecule has 5 aromatic carbocycles. The molecule has 0 radical (unpaired) electrons. The maximum Gasteiger partial charge on any atom is 0.513 e. The van der Waals surface area contributed by atoms with Gasteiger partial charge in [-0.05, 0) is 84.6 Å². The van der Waals surface area contributed by atoms with Crippen LogP contribution < -0.4 is 18.9 Å². The van der Waals surface area contributed by atoms with Crippen LogP contribution in [-0.4, -0.2) is 63.9 Å². The average Bonchev–Trinajstić information content (AvgIpc) is 3.78. The molecule has 0 spiro atoms. The minimum absolute atomic E-state index is 0.0944. The maximum absolute atomic E-state index is 14.3. The van der Waals surface area contributed by atoms with E-state index < -0.39 is 36.1 Å². The van der Waals surface area contributed by atoms with E-state index in [1.165, 1.54) is 48.5 Å². The number of benzene rings is 5. The Morgan fingerprint density at radius 1 is 0.561 bits per heavy atom. The zero-order valence-electron chi connectivity index (χ0n) is 36.0. The van der Waals surface area contributed by atoms with Gasteiger partial charge in [-0.2, -0.15) is 10.5 Å². The standard InChI is InChI=1S/C50H40N2O12S2/c1-27(57-3)21-23-59-49(55)61-32-17-13-29(14-18-32)46(53)63-42-40-38-34-9-5-7-11-36(34)39(37-12-8-6-10-35(37)38)41(40)43(45-44(42)65-48(66-45)31(25-51)26-52)64-47(54)30-15-19-33(20-16-30)62-50(56)60-24-22-28(2)58-4/h5-20,27-28,38-39H,21-24H2,1-4H3. The van der Waals surface area contributed by atoms with Crippen LogP contribution in [0.3, 0.4) is 0 Å². The summed E-state index contributed by atoms with van der Waals surface area (Å²) in [6.07, 6.45) is -1.07. The fourth-order valence-electron chi connectivity index (χ4n) is 7.84. The van der Waals surface area contributed by atoms with Crippen LogP contribution in [-0.2, 0) is 18.9 Å². The molecule has 2 unspecified atom stereocenters. The van der Waals surface area contributed by atoms with Gasteiger partial charge in [0.25, 0.3) is 0 Å². The van der Waals surface area contributed by atoms with Crippen molar-refractivity contribution in [1.82, 2.24) is 0 Å². The summed E-state index contributed by atoms with van der Waals surface area (Å²) in [6, 6.07) is 31.4. The first-order valence-corrected chi connectivity index (χ1v) is 22.4. The summed E-state index contributed by atoms with van der Waals surface area (Å²) in [5, 5.41) is 20.0. The van der Waals surface area contributed by atoms with Crippen molar-refractivity contribution in [2.75, 3.05) is 27.4 Å². The number of ether oxygens (including phenoxy) is 8. The molecule has 1 heterocycles. The molecule has 0 N–H and O–H groups in total. The molecule has 14 nitrogen and oxygen atoms in total. The van der Waals surface area contributed by atoms with Gasteiger partial charge < -0.3 is 37.9 Å². The van der Waals surface area contributed by atoms with E-state index in [0.29, 0.717) is 38.0 Å². The van der Waals surface area contributed by atoms with Gasteiger partial charge >= 0.3 is 24.2 Å².